The predicted molar refractivity (Wildman–Crippen MR) is 110 cm³/mol. The second-order valence-electron chi connectivity index (χ2n) is 7.10. The predicted octanol–water partition coefficient (Wildman–Crippen LogP) is 6.00. The summed E-state index contributed by atoms with van der Waals surface area (Å²) >= 11 is 0. The van der Waals surface area contributed by atoms with Gasteiger partial charge in [-0.2, -0.15) is 0 Å². The maximum atomic E-state index is 12.4. The number of amides is 2. The second-order valence-corrected chi connectivity index (χ2v) is 7.10. The van der Waals surface area contributed by atoms with Crippen LogP contribution in [-0.2, 0) is 9.59 Å². The van der Waals surface area contributed by atoms with Crippen LogP contribution in [0.4, 0.5) is 11.4 Å². The van der Waals surface area contributed by atoms with E-state index in [9.17, 15) is 9.59 Å². The normalized spacial score (nSPS) is 11.0. The summed E-state index contributed by atoms with van der Waals surface area (Å²) in [5.41, 5.74) is 1.56. The molecule has 4 nitrogen and oxygen atoms in total. The quantitative estimate of drug-likeness (QED) is 0.480. The molecule has 0 fully saturated rings. The van der Waals surface area contributed by atoms with Crippen molar-refractivity contribution in [3.63, 3.8) is 0 Å². The van der Waals surface area contributed by atoms with Crippen molar-refractivity contribution in [2.24, 2.45) is 11.8 Å². The zero-order chi connectivity index (χ0) is 19.4. The third kappa shape index (κ3) is 7.59. The summed E-state index contributed by atoms with van der Waals surface area (Å²) in [7, 11) is 0. The van der Waals surface area contributed by atoms with E-state index in [4.69, 9.17) is 0 Å². The molecular weight excluding hydrogens is 324 g/mol. The Morgan fingerprint density at radius 1 is 0.654 bits per heavy atom. The summed E-state index contributed by atoms with van der Waals surface area (Å²) in [6.45, 7) is 8.44. The van der Waals surface area contributed by atoms with Gasteiger partial charge in [-0.05, 0) is 49.9 Å². The highest BCUT2D eigenvalue weighted by molar-refractivity contribution is 5.94. The molecule has 0 aromatic heterocycles. The molecular formula is C22H36N2O2. The molecule has 0 saturated carbocycles. The Hall–Kier alpha value is -1.84. The second kappa shape index (κ2) is 12.5. The zero-order valence-corrected chi connectivity index (χ0v) is 16.9. The van der Waals surface area contributed by atoms with Crippen LogP contribution in [-0.4, -0.2) is 11.8 Å². The molecule has 2 amide bonds. The highest BCUT2D eigenvalue weighted by Gasteiger charge is 2.18. The van der Waals surface area contributed by atoms with Gasteiger partial charge in [-0.15, -0.1) is 0 Å². The van der Waals surface area contributed by atoms with Gasteiger partial charge in [0.15, 0.2) is 0 Å². The Morgan fingerprint density at radius 2 is 0.923 bits per heavy atom. The van der Waals surface area contributed by atoms with E-state index < -0.39 is 0 Å². The first-order valence-corrected chi connectivity index (χ1v) is 10.3. The van der Waals surface area contributed by atoms with Crippen molar-refractivity contribution in [1.29, 1.82) is 0 Å². The minimum Gasteiger partial charge on any atom is -0.326 e. The lowest BCUT2D eigenvalue weighted by molar-refractivity contribution is -0.121. The van der Waals surface area contributed by atoms with Gasteiger partial charge in [0.25, 0.3) is 0 Å². The largest absolute Gasteiger partial charge is 0.326 e. The van der Waals surface area contributed by atoms with Gasteiger partial charge in [-0.25, -0.2) is 0 Å². The number of anilines is 2. The van der Waals surface area contributed by atoms with Crippen molar-refractivity contribution in [2.45, 2.75) is 79.1 Å². The molecule has 1 rings (SSSR count). The smallest absolute Gasteiger partial charge is 0.227 e. The van der Waals surface area contributed by atoms with Crippen molar-refractivity contribution in [2.75, 3.05) is 10.6 Å². The van der Waals surface area contributed by atoms with E-state index in [1.54, 1.807) is 0 Å². The fraction of sp³-hybridized carbons (Fsp3) is 0.636. The molecule has 0 aliphatic carbocycles. The van der Waals surface area contributed by atoms with Crippen LogP contribution in [0, 0.1) is 11.8 Å². The Kier molecular flexibility index (Phi) is 10.7. The molecule has 0 spiro atoms. The minimum atomic E-state index is 0.0771. The van der Waals surface area contributed by atoms with Gasteiger partial charge in [-0.3, -0.25) is 9.59 Å². The topological polar surface area (TPSA) is 58.2 Å². The van der Waals surface area contributed by atoms with Crippen LogP contribution in [0.5, 0.6) is 0 Å². The van der Waals surface area contributed by atoms with Gasteiger partial charge in [0.05, 0.1) is 0 Å². The summed E-state index contributed by atoms with van der Waals surface area (Å²) in [5.74, 6) is 0.342. The maximum absolute atomic E-state index is 12.4. The molecule has 0 saturated heterocycles. The van der Waals surface area contributed by atoms with Crippen LogP contribution in [0.2, 0.25) is 0 Å². The summed E-state index contributed by atoms with van der Waals surface area (Å²) in [6, 6.07) is 7.43. The van der Waals surface area contributed by atoms with Crippen molar-refractivity contribution in [1.82, 2.24) is 0 Å². The van der Waals surface area contributed by atoms with Crippen LogP contribution >= 0.6 is 0 Å². The van der Waals surface area contributed by atoms with Crippen molar-refractivity contribution in [3.8, 4) is 0 Å². The number of benzene rings is 1. The standard InChI is InChI=1S/C22H36N2O2/c1-5-9-17(10-6-2)21(25)23-19-13-15-20(16-14-19)24-22(26)18(11-7-3)12-8-4/h13-18H,5-12H2,1-4H3,(H,23,25)(H,24,26). The van der Waals surface area contributed by atoms with Gasteiger partial charge >= 0.3 is 0 Å². The lowest BCUT2D eigenvalue weighted by Gasteiger charge is -2.17. The Bertz CT molecular complexity index is 479. The first-order valence-electron chi connectivity index (χ1n) is 10.3. The van der Waals surface area contributed by atoms with E-state index in [0.29, 0.717) is 0 Å². The monoisotopic (exact) mass is 360 g/mol. The van der Waals surface area contributed by atoms with Gasteiger partial charge in [0.2, 0.25) is 11.8 Å². The van der Waals surface area contributed by atoms with Crippen LogP contribution in [0.1, 0.15) is 79.1 Å². The Balaban J connectivity index is 2.64. The van der Waals surface area contributed by atoms with E-state index >= 15 is 0 Å². The van der Waals surface area contributed by atoms with Crippen molar-refractivity contribution < 1.29 is 9.59 Å². The highest BCUT2D eigenvalue weighted by atomic mass is 16.2. The Labute approximate surface area is 159 Å². The van der Waals surface area contributed by atoms with Crippen LogP contribution in [0.15, 0.2) is 24.3 Å². The molecule has 1 aromatic rings. The third-order valence-corrected chi connectivity index (χ3v) is 4.71. The van der Waals surface area contributed by atoms with E-state index in [1.807, 2.05) is 24.3 Å². The fourth-order valence-corrected chi connectivity index (χ4v) is 3.33. The zero-order valence-electron chi connectivity index (χ0n) is 16.9. The maximum Gasteiger partial charge on any atom is 0.227 e. The molecule has 146 valence electrons. The van der Waals surface area contributed by atoms with Crippen molar-refractivity contribution >= 4 is 23.2 Å². The van der Waals surface area contributed by atoms with Gasteiger partial charge < -0.3 is 10.6 Å². The van der Waals surface area contributed by atoms with E-state index in [0.717, 1.165) is 62.7 Å². The van der Waals surface area contributed by atoms with Crippen LogP contribution in [0.25, 0.3) is 0 Å². The van der Waals surface area contributed by atoms with Crippen LogP contribution in [0.3, 0.4) is 0 Å². The number of nitrogens with one attached hydrogen (secondary N) is 2. The van der Waals surface area contributed by atoms with Gasteiger partial charge in [-0.1, -0.05) is 53.4 Å². The number of hydrogen-bond donors (Lipinski definition) is 2. The number of carbonyl (C=O) groups is 2. The van der Waals surface area contributed by atoms with Crippen LogP contribution < -0.4 is 10.6 Å². The summed E-state index contributed by atoms with van der Waals surface area (Å²) in [6.07, 6.45) is 7.74. The van der Waals surface area contributed by atoms with E-state index in [-0.39, 0.29) is 23.7 Å². The molecule has 0 heterocycles. The summed E-state index contributed by atoms with van der Waals surface area (Å²) in [4.78, 5) is 24.8. The number of rotatable bonds is 12. The Morgan fingerprint density at radius 3 is 1.15 bits per heavy atom. The first kappa shape index (κ1) is 22.2. The van der Waals surface area contributed by atoms with E-state index in [2.05, 4.69) is 38.3 Å². The minimum absolute atomic E-state index is 0.0771. The van der Waals surface area contributed by atoms with Gasteiger partial charge in [0, 0.05) is 23.2 Å². The molecule has 0 aliphatic rings. The highest BCUT2D eigenvalue weighted by Crippen LogP contribution is 2.20. The molecule has 0 atom stereocenters. The molecule has 0 aliphatic heterocycles. The van der Waals surface area contributed by atoms with Gasteiger partial charge in [0.1, 0.15) is 0 Å². The molecule has 0 radical (unpaired) electrons. The van der Waals surface area contributed by atoms with Crippen molar-refractivity contribution in [3.05, 3.63) is 24.3 Å². The molecule has 0 unspecified atom stereocenters. The lowest BCUT2D eigenvalue weighted by Crippen LogP contribution is -2.23. The fourth-order valence-electron chi connectivity index (χ4n) is 3.33. The van der Waals surface area contributed by atoms with E-state index in [1.165, 1.54) is 0 Å². The first-order chi connectivity index (χ1) is 12.5. The average Bonchev–Trinajstić information content (AvgIpc) is 2.63. The summed E-state index contributed by atoms with van der Waals surface area (Å²) < 4.78 is 0. The molecule has 1 aromatic carbocycles. The summed E-state index contributed by atoms with van der Waals surface area (Å²) in [5, 5.41) is 6.01. The molecule has 4 heteroatoms. The molecule has 2 N–H and O–H groups in total. The molecule has 0 bridgehead atoms. The third-order valence-electron chi connectivity index (χ3n) is 4.71. The lowest BCUT2D eigenvalue weighted by atomic mass is 9.97. The average molecular weight is 361 g/mol. The molecule has 26 heavy (non-hydrogen) atoms. The SMILES string of the molecule is CCCC(CCC)C(=O)Nc1ccc(NC(=O)C(CCC)CCC)cc1. The number of carbonyl (C=O) groups excluding carboxylic acids is 2. The number of hydrogen-bond acceptors (Lipinski definition) is 2.